The molecule has 0 aromatic heterocycles. The van der Waals surface area contributed by atoms with Gasteiger partial charge in [-0.1, -0.05) is 27.2 Å². The van der Waals surface area contributed by atoms with Gasteiger partial charge in [0.2, 0.25) is 11.8 Å². The van der Waals surface area contributed by atoms with E-state index in [4.69, 9.17) is 0 Å². The zero-order valence-electron chi connectivity index (χ0n) is 12.2. The predicted octanol–water partition coefficient (Wildman–Crippen LogP) is -1.70. The molecule has 1 unspecified atom stereocenters. The maximum atomic E-state index is 11.9. The average molecular weight is 309 g/mol. The summed E-state index contributed by atoms with van der Waals surface area (Å²) >= 11 is 0. The van der Waals surface area contributed by atoms with Gasteiger partial charge < -0.3 is 1.43 Å². The van der Waals surface area contributed by atoms with E-state index in [9.17, 15) is 14.4 Å². The molecular weight excluding hydrogens is 290 g/mol. The van der Waals surface area contributed by atoms with Gasteiger partial charge in [-0.3, -0.25) is 20.2 Å². The number of barbiturate groups is 1. The summed E-state index contributed by atoms with van der Waals surface area (Å²) in [6, 6.07) is -0.720. The molecule has 0 radical (unpaired) electrons. The molecule has 1 heterocycles. The Labute approximate surface area is 141 Å². The maximum absolute atomic E-state index is 11.9. The molecule has 1 aliphatic rings. The number of nitrogens with one attached hydrogen (secondary N) is 2. The van der Waals surface area contributed by atoms with Gasteiger partial charge in [0.15, 0.2) is 0 Å². The molecule has 0 aromatic carbocycles. The first-order chi connectivity index (χ1) is 7.48. The van der Waals surface area contributed by atoms with Gasteiger partial charge in [-0.05, 0) is 18.8 Å². The quantitative estimate of drug-likeness (QED) is 0.480. The Bertz CT molecular complexity index is 322. The monoisotopic (exact) mass is 308 g/mol. The molecular formula is C11H19N2NaNiO3. The predicted molar refractivity (Wildman–Crippen MR) is 59.6 cm³/mol. The molecule has 1 atom stereocenters. The minimum absolute atomic E-state index is 0. The average Bonchev–Trinajstić information content (AvgIpc) is 2.18. The Kier molecular flexibility index (Phi) is 9.43. The van der Waals surface area contributed by atoms with Crippen molar-refractivity contribution < 1.29 is 61.9 Å². The van der Waals surface area contributed by atoms with Gasteiger partial charge in [-0.25, -0.2) is 4.79 Å². The zero-order chi connectivity index (χ0) is 12.3. The van der Waals surface area contributed by atoms with Gasteiger partial charge in [0.25, 0.3) is 0 Å². The van der Waals surface area contributed by atoms with Crippen LogP contribution >= 0.6 is 0 Å². The van der Waals surface area contributed by atoms with E-state index in [0.29, 0.717) is 6.42 Å². The fraction of sp³-hybridized carbons (Fsp3) is 0.727. The SMILES string of the molecule is CCCC(C)C1(CC)C(=O)NC(=O)NC1=O.[H-].[Na+].[Ni]. The van der Waals surface area contributed by atoms with E-state index in [2.05, 4.69) is 10.6 Å². The molecule has 102 valence electrons. The van der Waals surface area contributed by atoms with Crippen LogP contribution in [0.1, 0.15) is 41.5 Å². The second-order valence-electron chi connectivity index (χ2n) is 4.25. The van der Waals surface area contributed by atoms with Crippen molar-refractivity contribution in [2.75, 3.05) is 0 Å². The summed E-state index contributed by atoms with van der Waals surface area (Å²) in [4.78, 5) is 34.8. The van der Waals surface area contributed by atoms with Crippen molar-refractivity contribution in [3.63, 3.8) is 0 Å². The van der Waals surface area contributed by atoms with Gasteiger partial charge in [0.1, 0.15) is 5.41 Å². The fourth-order valence-electron chi connectivity index (χ4n) is 2.36. The molecule has 1 saturated heterocycles. The van der Waals surface area contributed by atoms with Gasteiger partial charge in [-0.2, -0.15) is 0 Å². The van der Waals surface area contributed by atoms with E-state index < -0.39 is 23.3 Å². The Hall–Kier alpha value is 0.104. The van der Waals surface area contributed by atoms with Gasteiger partial charge >= 0.3 is 35.6 Å². The molecule has 5 nitrogen and oxygen atoms in total. The van der Waals surface area contributed by atoms with Crippen LogP contribution in [0.15, 0.2) is 0 Å². The molecule has 2 N–H and O–H groups in total. The number of hydrogen-bond acceptors (Lipinski definition) is 3. The van der Waals surface area contributed by atoms with Crippen LogP contribution in [-0.2, 0) is 26.1 Å². The van der Waals surface area contributed by atoms with Crippen molar-refractivity contribution in [1.82, 2.24) is 10.6 Å². The van der Waals surface area contributed by atoms with Crippen LogP contribution in [0.3, 0.4) is 0 Å². The van der Waals surface area contributed by atoms with Crippen LogP contribution in [0.5, 0.6) is 0 Å². The summed E-state index contributed by atoms with van der Waals surface area (Å²) in [5.74, 6) is -1.01. The van der Waals surface area contributed by atoms with Crippen LogP contribution in [-0.4, -0.2) is 17.8 Å². The fourth-order valence-corrected chi connectivity index (χ4v) is 2.36. The van der Waals surface area contributed by atoms with Crippen molar-refractivity contribution >= 4 is 17.8 Å². The number of amides is 4. The number of carbonyl (C=O) groups is 3. The second kappa shape index (κ2) is 8.31. The summed E-state index contributed by atoms with van der Waals surface area (Å²) in [5, 5.41) is 4.36. The number of rotatable bonds is 4. The first kappa shape index (κ1) is 20.4. The molecule has 1 aliphatic heterocycles. The van der Waals surface area contributed by atoms with Gasteiger partial charge in [-0.15, -0.1) is 0 Å². The molecule has 1 fully saturated rings. The normalized spacial score (nSPS) is 18.9. The summed E-state index contributed by atoms with van der Waals surface area (Å²) in [6.07, 6.45) is 2.08. The number of carbonyl (C=O) groups excluding carboxylic acids is 3. The minimum Gasteiger partial charge on any atom is -1.00 e. The van der Waals surface area contributed by atoms with Crippen LogP contribution in [0.25, 0.3) is 0 Å². The maximum Gasteiger partial charge on any atom is 1.00 e. The Morgan fingerprint density at radius 1 is 1.17 bits per heavy atom. The van der Waals surface area contributed by atoms with Crippen molar-refractivity contribution in [3.05, 3.63) is 0 Å². The van der Waals surface area contributed by atoms with Crippen LogP contribution in [0, 0.1) is 11.3 Å². The molecule has 0 spiro atoms. The first-order valence-electron chi connectivity index (χ1n) is 5.65. The third-order valence-electron chi connectivity index (χ3n) is 3.39. The summed E-state index contributed by atoms with van der Waals surface area (Å²) in [6.45, 7) is 5.67. The molecule has 0 aliphatic carbocycles. The number of urea groups is 1. The van der Waals surface area contributed by atoms with Crippen molar-refractivity contribution in [2.45, 2.75) is 40.0 Å². The van der Waals surface area contributed by atoms with E-state index in [0.717, 1.165) is 12.8 Å². The van der Waals surface area contributed by atoms with E-state index in [1.54, 1.807) is 6.92 Å². The van der Waals surface area contributed by atoms with E-state index in [-0.39, 0.29) is 53.4 Å². The Morgan fingerprint density at radius 2 is 1.61 bits per heavy atom. The first-order valence-corrected chi connectivity index (χ1v) is 5.65. The third-order valence-corrected chi connectivity index (χ3v) is 3.39. The summed E-state index contributed by atoms with van der Waals surface area (Å²) in [5.41, 5.74) is -1.09. The summed E-state index contributed by atoms with van der Waals surface area (Å²) < 4.78 is 0. The van der Waals surface area contributed by atoms with E-state index in [1.807, 2.05) is 13.8 Å². The van der Waals surface area contributed by atoms with Crippen molar-refractivity contribution in [2.24, 2.45) is 11.3 Å². The van der Waals surface area contributed by atoms with Crippen LogP contribution in [0.4, 0.5) is 4.79 Å². The number of hydrogen-bond donors (Lipinski definition) is 2. The topological polar surface area (TPSA) is 75.3 Å². The van der Waals surface area contributed by atoms with Crippen LogP contribution < -0.4 is 40.2 Å². The third kappa shape index (κ3) is 3.56. The molecule has 1 rings (SSSR count). The smallest absolute Gasteiger partial charge is 1.00 e. The van der Waals surface area contributed by atoms with Gasteiger partial charge in [0.05, 0.1) is 0 Å². The molecule has 4 amide bonds. The van der Waals surface area contributed by atoms with Crippen LogP contribution in [0.2, 0.25) is 0 Å². The molecule has 18 heavy (non-hydrogen) atoms. The Morgan fingerprint density at radius 3 is 1.94 bits per heavy atom. The molecule has 0 saturated carbocycles. The van der Waals surface area contributed by atoms with E-state index in [1.165, 1.54) is 0 Å². The molecule has 0 aromatic rings. The van der Waals surface area contributed by atoms with Crippen molar-refractivity contribution in [1.29, 1.82) is 0 Å². The molecule has 0 bridgehead atoms. The van der Waals surface area contributed by atoms with Crippen molar-refractivity contribution in [3.8, 4) is 0 Å². The zero-order valence-corrected chi connectivity index (χ0v) is 14.2. The largest absolute Gasteiger partial charge is 1.00 e. The van der Waals surface area contributed by atoms with Gasteiger partial charge in [0, 0.05) is 16.5 Å². The van der Waals surface area contributed by atoms with E-state index >= 15 is 0 Å². The minimum atomic E-state index is -1.09. The standard InChI is InChI=1S/C11H18N2O3.Na.Ni.H/c1-4-6-7(3)11(5-2)8(14)12-10(16)13-9(11)15;;;/h7H,4-6H2,1-3H3,(H2,12,13,14,15,16);;;/q;+1;;-1. The molecule has 7 heteroatoms. The number of imide groups is 2. The summed E-state index contributed by atoms with van der Waals surface area (Å²) in [7, 11) is 0. The Balaban J connectivity index is -0.000000853. The second-order valence-corrected chi connectivity index (χ2v) is 4.25.